The molecule has 1 heterocycles. The van der Waals surface area contributed by atoms with E-state index in [4.69, 9.17) is 9.47 Å². The van der Waals surface area contributed by atoms with Crippen LogP contribution in [0.2, 0.25) is 0 Å². The van der Waals surface area contributed by atoms with Crippen LogP contribution in [0.3, 0.4) is 0 Å². The largest absolute Gasteiger partial charge is 0.496 e. The Morgan fingerprint density at radius 1 is 1.07 bits per heavy atom. The second-order valence-corrected chi connectivity index (χ2v) is 7.46. The second kappa shape index (κ2) is 9.07. The highest BCUT2D eigenvalue weighted by atomic mass is 16.5. The summed E-state index contributed by atoms with van der Waals surface area (Å²) in [6.45, 7) is 1.77. The Morgan fingerprint density at radius 2 is 1.74 bits per heavy atom. The van der Waals surface area contributed by atoms with Crippen LogP contribution in [0.15, 0.2) is 35.5 Å². The third kappa shape index (κ3) is 4.71. The van der Waals surface area contributed by atoms with Gasteiger partial charge in [0.15, 0.2) is 0 Å². The van der Waals surface area contributed by atoms with Crippen molar-refractivity contribution in [2.24, 2.45) is 0 Å². The summed E-state index contributed by atoms with van der Waals surface area (Å²) in [5.41, 5.74) is 1.97. The number of benzene rings is 1. The lowest BCUT2D eigenvalue weighted by atomic mass is 9.84. The van der Waals surface area contributed by atoms with Gasteiger partial charge in [0.2, 0.25) is 5.91 Å². The summed E-state index contributed by atoms with van der Waals surface area (Å²) >= 11 is 0. The molecule has 27 heavy (non-hydrogen) atoms. The van der Waals surface area contributed by atoms with E-state index in [1.165, 1.54) is 19.3 Å². The molecular weight excluding hydrogens is 342 g/mol. The maximum absolute atomic E-state index is 13.1. The Bertz CT molecular complexity index is 717. The molecule has 0 aromatic heterocycles. The van der Waals surface area contributed by atoms with Crippen LogP contribution >= 0.6 is 0 Å². The fourth-order valence-corrected chi connectivity index (χ4v) is 4.14. The van der Waals surface area contributed by atoms with Gasteiger partial charge in [0.1, 0.15) is 11.9 Å². The monoisotopic (exact) mass is 371 g/mol. The Morgan fingerprint density at radius 3 is 2.44 bits per heavy atom. The van der Waals surface area contributed by atoms with Crippen molar-refractivity contribution in [3.63, 3.8) is 0 Å². The number of nitrogens with one attached hydrogen (secondary N) is 1. The van der Waals surface area contributed by atoms with Gasteiger partial charge in [-0.3, -0.25) is 4.79 Å². The average Bonchev–Trinajstić information content (AvgIpc) is 2.63. The number of carbonyl (C=O) groups is 2. The number of hydrogen-bond donors (Lipinski definition) is 1. The Hall–Kier alpha value is -2.30. The van der Waals surface area contributed by atoms with Crippen molar-refractivity contribution in [2.45, 2.75) is 70.3 Å². The van der Waals surface area contributed by atoms with E-state index in [2.05, 4.69) is 5.32 Å². The quantitative estimate of drug-likeness (QED) is 0.805. The van der Waals surface area contributed by atoms with Gasteiger partial charge in [0.25, 0.3) is 0 Å². The number of amides is 1. The molecule has 0 bridgehead atoms. The smallest absolute Gasteiger partial charge is 0.336 e. The van der Waals surface area contributed by atoms with E-state index in [9.17, 15) is 9.59 Å². The number of esters is 1. The molecule has 0 saturated heterocycles. The maximum atomic E-state index is 13.1. The molecule has 1 amide bonds. The summed E-state index contributed by atoms with van der Waals surface area (Å²) in [7, 11) is 1.60. The van der Waals surface area contributed by atoms with E-state index >= 15 is 0 Å². The summed E-state index contributed by atoms with van der Waals surface area (Å²) in [6.07, 6.45) is 7.90. The molecule has 0 spiro atoms. The first-order chi connectivity index (χ1) is 13.1. The Balaban J connectivity index is 1.86. The van der Waals surface area contributed by atoms with Crippen LogP contribution in [-0.2, 0) is 14.3 Å². The molecule has 1 atom stereocenters. The van der Waals surface area contributed by atoms with E-state index in [1.807, 2.05) is 24.3 Å². The molecule has 0 unspecified atom stereocenters. The van der Waals surface area contributed by atoms with Crippen molar-refractivity contribution in [1.82, 2.24) is 5.32 Å². The zero-order valence-electron chi connectivity index (χ0n) is 16.3. The fourth-order valence-electron chi connectivity index (χ4n) is 4.14. The first-order valence-electron chi connectivity index (χ1n) is 9.94. The molecule has 1 fully saturated rings. The number of para-hydroxylation sites is 1. The second-order valence-electron chi connectivity index (χ2n) is 7.46. The van der Waals surface area contributed by atoms with Crippen LogP contribution in [0.25, 0.3) is 0 Å². The van der Waals surface area contributed by atoms with Gasteiger partial charge in [0, 0.05) is 23.6 Å². The SMILES string of the molecule is COc1ccccc1[C@H]1CC(=O)NC(C)=C1C(=O)OC1CCCCCCC1. The molecule has 1 aromatic carbocycles. The minimum atomic E-state index is -0.351. The van der Waals surface area contributed by atoms with E-state index in [1.54, 1.807) is 14.0 Å². The van der Waals surface area contributed by atoms with Crippen LogP contribution in [0.1, 0.15) is 69.8 Å². The molecule has 1 aliphatic heterocycles. The van der Waals surface area contributed by atoms with Crippen molar-refractivity contribution in [1.29, 1.82) is 0 Å². The van der Waals surface area contributed by atoms with Gasteiger partial charge in [-0.05, 0) is 38.7 Å². The molecule has 146 valence electrons. The highest BCUT2D eigenvalue weighted by Crippen LogP contribution is 2.38. The van der Waals surface area contributed by atoms with E-state index in [0.29, 0.717) is 17.0 Å². The van der Waals surface area contributed by atoms with Crippen LogP contribution in [0.4, 0.5) is 0 Å². The van der Waals surface area contributed by atoms with E-state index in [0.717, 1.165) is 31.2 Å². The molecule has 3 rings (SSSR count). The van der Waals surface area contributed by atoms with Crippen LogP contribution in [0, 0.1) is 0 Å². The number of carbonyl (C=O) groups excluding carboxylic acids is 2. The zero-order chi connectivity index (χ0) is 19.2. The minimum Gasteiger partial charge on any atom is -0.496 e. The van der Waals surface area contributed by atoms with Gasteiger partial charge in [0.05, 0.1) is 12.7 Å². The predicted octanol–water partition coefficient (Wildman–Crippen LogP) is 4.23. The van der Waals surface area contributed by atoms with Crippen molar-refractivity contribution >= 4 is 11.9 Å². The summed E-state index contributed by atoms with van der Waals surface area (Å²) < 4.78 is 11.4. The fraction of sp³-hybridized carbons (Fsp3) is 0.545. The third-order valence-electron chi connectivity index (χ3n) is 5.53. The number of allylic oxidation sites excluding steroid dienone is 1. The van der Waals surface area contributed by atoms with E-state index in [-0.39, 0.29) is 30.3 Å². The number of rotatable bonds is 4. The molecule has 2 aliphatic rings. The zero-order valence-corrected chi connectivity index (χ0v) is 16.3. The Kier molecular flexibility index (Phi) is 6.54. The molecule has 5 heteroatoms. The molecule has 1 saturated carbocycles. The normalized spacial score (nSPS) is 21.9. The summed E-state index contributed by atoms with van der Waals surface area (Å²) in [6, 6.07) is 7.55. The van der Waals surface area contributed by atoms with Crippen molar-refractivity contribution in [3.05, 3.63) is 41.1 Å². The summed E-state index contributed by atoms with van der Waals surface area (Å²) in [5, 5.41) is 2.81. The number of methoxy groups -OCH3 is 1. The van der Waals surface area contributed by atoms with Crippen molar-refractivity contribution in [3.8, 4) is 5.75 Å². The van der Waals surface area contributed by atoms with Gasteiger partial charge in [-0.1, -0.05) is 37.5 Å². The first kappa shape index (κ1) is 19.5. The van der Waals surface area contributed by atoms with Crippen LogP contribution < -0.4 is 10.1 Å². The lowest BCUT2D eigenvalue weighted by Crippen LogP contribution is -2.35. The van der Waals surface area contributed by atoms with Gasteiger partial charge in [-0.15, -0.1) is 0 Å². The molecule has 1 N–H and O–H groups in total. The highest BCUT2D eigenvalue weighted by Gasteiger charge is 2.35. The Labute approximate surface area is 161 Å². The van der Waals surface area contributed by atoms with Crippen LogP contribution in [0.5, 0.6) is 5.75 Å². The predicted molar refractivity (Wildman–Crippen MR) is 103 cm³/mol. The molecular formula is C22H29NO4. The van der Waals surface area contributed by atoms with Crippen molar-refractivity contribution < 1.29 is 19.1 Å². The lowest BCUT2D eigenvalue weighted by Gasteiger charge is -2.29. The minimum absolute atomic E-state index is 0.0333. The van der Waals surface area contributed by atoms with Crippen LogP contribution in [-0.4, -0.2) is 25.1 Å². The molecule has 1 aliphatic carbocycles. The van der Waals surface area contributed by atoms with Gasteiger partial charge in [-0.2, -0.15) is 0 Å². The lowest BCUT2D eigenvalue weighted by molar-refractivity contribution is -0.145. The van der Waals surface area contributed by atoms with Gasteiger partial charge in [-0.25, -0.2) is 4.79 Å². The summed E-state index contributed by atoms with van der Waals surface area (Å²) in [4.78, 5) is 25.3. The first-order valence-corrected chi connectivity index (χ1v) is 9.94. The van der Waals surface area contributed by atoms with Crippen molar-refractivity contribution in [2.75, 3.05) is 7.11 Å². The standard InChI is InChI=1S/C22H29NO4/c1-15-21(22(25)27-16-10-6-4-3-5-7-11-16)18(14-20(24)23-15)17-12-8-9-13-19(17)26-2/h8-9,12-13,16,18H,3-7,10-11,14H2,1-2H3,(H,23,24)/t18-/m1/s1. The third-order valence-corrected chi connectivity index (χ3v) is 5.53. The topological polar surface area (TPSA) is 64.6 Å². The number of hydrogen-bond acceptors (Lipinski definition) is 4. The highest BCUT2D eigenvalue weighted by molar-refractivity contribution is 5.96. The average molecular weight is 371 g/mol. The van der Waals surface area contributed by atoms with Gasteiger partial charge >= 0.3 is 5.97 Å². The molecule has 1 aromatic rings. The van der Waals surface area contributed by atoms with E-state index < -0.39 is 0 Å². The molecule has 5 nitrogen and oxygen atoms in total. The van der Waals surface area contributed by atoms with Gasteiger partial charge < -0.3 is 14.8 Å². The maximum Gasteiger partial charge on any atom is 0.336 e. The summed E-state index contributed by atoms with van der Waals surface area (Å²) in [5.74, 6) is -0.0721. The molecule has 0 radical (unpaired) electrons. The number of ether oxygens (including phenoxy) is 2.